The predicted octanol–water partition coefficient (Wildman–Crippen LogP) is 3.77. The van der Waals surface area contributed by atoms with Gasteiger partial charge in [-0.15, -0.1) is 0 Å². The van der Waals surface area contributed by atoms with Gasteiger partial charge >= 0.3 is 0 Å². The number of hydrogen-bond donors (Lipinski definition) is 0. The van der Waals surface area contributed by atoms with Crippen molar-refractivity contribution in [2.75, 3.05) is 0 Å². The van der Waals surface area contributed by atoms with Gasteiger partial charge in [-0.1, -0.05) is 32.3 Å². The fraction of sp³-hybridized carbons (Fsp3) is 0.615. The van der Waals surface area contributed by atoms with Crippen molar-refractivity contribution in [2.24, 2.45) is 5.92 Å². The average Bonchev–Trinajstić information content (AvgIpc) is 2.99. The number of hydrogen-bond acceptors (Lipinski definition) is 1. The lowest BCUT2D eigenvalue weighted by Crippen LogP contribution is -1.85. The lowest BCUT2D eigenvalue weighted by molar-refractivity contribution is 0.609. The third-order valence-corrected chi connectivity index (χ3v) is 3.21. The normalized spacial score (nSPS) is 24.9. The third kappa shape index (κ3) is 2.34. The van der Waals surface area contributed by atoms with E-state index in [0.29, 0.717) is 0 Å². The summed E-state index contributed by atoms with van der Waals surface area (Å²) in [7, 11) is 0. The van der Waals surface area contributed by atoms with Gasteiger partial charge in [-0.3, -0.25) is 4.98 Å². The molecule has 0 unspecified atom stereocenters. The molecule has 76 valence electrons. The van der Waals surface area contributed by atoms with Crippen LogP contribution < -0.4 is 0 Å². The predicted molar refractivity (Wildman–Crippen MR) is 59.2 cm³/mol. The lowest BCUT2D eigenvalue weighted by atomic mass is 10.1. The molecule has 0 amide bonds. The summed E-state index contributed by atoms with van der Waals surface area (Å²) in [5.41, 5.74) is 1.45. The van der Waals surface area contributed by atoms with Gasteiger partial charge in [-0.25, -0.2) is 0 Å². The van der Waals surface area contributed by atoms with Gasteiger partial charge in [0.05, 0.1) is 0 Å². The van der Waals surface area contributed by atoms with Gasteiger partial charge in [0.1, 0.15) is 0 Å². The average molecular weight is 189 g/mol. The minimum Gasteiger partial charge on any atom is -0.264 e. The summed E-state index contributed by atoms with van der Waals surface area (Å²) in [6.07, 6.45) is 10.9. The smallest absolute Gasteiger partial charge is 0.0302 e. The second-order valence-corrected chi connectivity index (χ2v) is 4.38. The number of pyridine rings is 1. The first kappa shape index (κ1) is 9.70. The van der Waals surface area contributed by atoms with E-state index in [0.717, 1.165) is 11.8 Å². The molecule has 1 aliphatic rings. The van der Waals surface area contributed by atoms with Crippen molar-refractivity contribution in [3.8, 4) is 0 Å². The third-order valence-electron chi connectivity index (χ3n) is 3.21. The molecule has 0 bridgehead atoms. The molecule has 1 heteroatoms. The molecule has 1 heterocycles. The van der Waals surface area contributed by atoms with Crippen LogP contribution in [0.4, 0.5) is 0 Å². The quantitative estimate of drug-likeness (QED) is 0.642. The highest BCUT2D eigenvalue weighted by molar-refractivity contribution is 5.21. The number of rotatable bonds is 5. The first-order chi connectivity index (χ1) is 6.92. The van der Waals surface area contributed by atoms with Gasteiger partial charge in [0.15, 0.2) is 0 Å². The molecule has 0 aliphatic heterocycles. The highest BCUT2D eigenvalue weighted by atomic mass is 14.6. The Morgan fingerprint density at radius 1 is 1.43 bits per heavy atom. The van der Waals surface area contributed by atoms with Gasteiger partial charge in [0.2, 0.25) is 0 Å². The molecule has 1 fully saturated rings. The topological polar surface area (TPSA) is 12.9 Å². The van der Waals surface area contributed by atoms with Crippen molar-refractivity contribution in [3.05, 3.63) is 30.1 Å². The summed E-state index contributed by atoms with van der Waals surface area (Å²) >= 11 is 0. The van der Waals surface area contributed by atoms with Crippen molar-refractivity contribution in [1.82, 2.24) is 4.98 Å². The number of nitrogens with zero attached hydrogens (tertiary/aromatic N) is 1. The van der Waals surface area contributed by atoms with Crippen LogP contribution in [0.25, 0.3) is 0 Å². The fourth-order valence-electron chi connectivity index (χ4n) is 2.23. The van der Waals surface area contributed by atoms with Crippen LogP contribution in [0.5, 0.6) is 0 Å². The zero-order valence-corrected chi connectivity index (χ0v) is 8.95. The summed E-state index contributed by atoms with van der Waals surface area (Å²) in [6.45, 7) is 2.27. The van der Waals surface area contributed by atoms with Crippen molar-refractivity contribution >= 4 is 0 Å². The highest BCUT2D eigenvalue weighted by Gasteiger charge is 2.37. The molecule has 1 aliphatic carbocycles. The zero-order chi connectivity index (χ0) is 9.80. The molecule has 1 saturated carbocycles. The molecule has 1 nitrogen and oxygen atoms in total. The van der Waals surface area contributed by atoms with Crippen LogP contribution in [-0.4, -0.2) is 4.98 Å². The molecule has 14 heavy (non-hydrogen) atoms. The second kappa shape index (κ2) is 4.59. The Bertz CT molecular complexity index is 268. The van der Waals surface area contributed by atoms with Crippen molar-refractivity contribution in [3.63, 3.8) is 0 Å². The van der Waals surface area contributed by atoms with Crippen molar-refractivity contribution in [1.29, 1.82) is 0 Å². The van der Waals surface area contributed by atoms with Gasteiger partial charge in [0.25, 0.3) is 0 Å². The molecule has 0 radical (unpaired) electrons. The first-order valence-electron chi connectivity index (χ1n) is 5.81. The van der Waals surface area contributed by atoms with Crippen LogP contribution in [0.2, 0.25) is 0 Å². The van der Waals surface area contributed by atoms with Crippen LogP contribution in [-0.2, 0) is 0 Å². The van der Waals surface area contributed by atoms with Crippen LogP contribution in [0.3, 0.4) is 0 Å². The van der Waals surface area contributed by atoms with Gasteiger partial charge in [0, 0.05) is 12.4 Å². The van der Waals surface area contributed by atoms with E-state index in [4.69, 9.17) is 0 Å². The fourth-order valence-corrected chi connectivity index (χ4v) is 2.23. The highest BCUT2D eigenvalue weighted by Crippen LogP contribution is 2.49. The molecule has 2 atom stereocenters. The Morgan fingerprint density at radius 2 is 2.36 bits per heavy atom. The Morgan fingerprint density at radius 3 is 3.07 bits per heavy atom. The maximum atomic E-state index is 4.18. The van der Waals surface area contributed by atoms with Crippen molar-refractivity contribution < 1.29 is 0 Å². The Labute approximate surface area is 86.6 Å². The van der Waals surface area contributed by atoms with E-state index in [1.54, 1.807) is 0 Å². The minimum absolute atomic E-state index is 0.834. The summed E-state index contributed by atoms with van der Waals surface area (Å²) in [4.78, 5) is 4.18. The summed E-state index contributed by atoms with van der Waals surface area (Å²) < 4.78 is 0. The van der Waals surface area contributed by atoms with E-state index in [-0.39, 0.29) is 0 Å². The van der Waals surface area contributed by atoms with Crippen molar-refractivity contribution in [2.45, 2.75) is 44.9 Å². The molecule has 0 spiro atoms. The largest absolute Gasteiger partial charge is 0.264 e. The van der Waals surface area contributed by atoms with Gasteiger partial charge in [-0.2, -0.15) is 0 Å². The zero-order valence-electron chi connectivity index (χ0n) is 8.95. The SMILES string of the molecule is CCCCC[C@@H]1C[C@H]1c1cccnc1. The van der Waals surface area contributed by atoms with E-state index in [2.05, 4.69) is 24.0 Å². The molecule has 1 aromatic rings. The van der Waals surface area contributed by atoms with Crippen LogP contribution in [0.15, 0.2) is 24.5 Å². The molecular formula is C13H19N. The van der Waals surface area contributed by atoms with Crippen LogP contribution in [0, 0.1) is 5.92 Å². The molecular weight excluding hydrogens is 170 g/mol. The second-order valence-electron chi connectivity index (χ2n) is 4.38. The van der Waals surface area contributed by atoms with E-state index < -0.39 is 0 Å². The molecule has 2 rings (SSSR count). The van der Waals surface area contributed by atoms with E-state index in [1.807, 2.05) is 12.4 Å². The summed E-state index contributed by atoms with van der Waals surface area (Å²) in [6, 6.07) is 4.27. The van der Waals surface area contributed by atoms with Gasteiger partial charge in [-0.05, 0) is 36.3 Å². The Kier molecular flexibility index (Phi) is 3.18. The van der Waals surface area contributed by atoms with Crippen LogP contribution in [0.1, 0.15) is 50.5 Å². The van der Waals surface area contributed by atoms with E-state index in [9.17, 15) is 0 Å². The van der Waals surface area contributed by atoms with E-state index in [1.165, 1.54) is 37.7 Å². The molecule has 0 aromatic carbocycles. The van der Waals surface area contributed by atoms with E-state index >= 15 is 0 Å². The molecule has 0 saturated heterocycles. The Hall–Kier alpha value is -0.850. The molecule has 1 aromatic heterocycles. The lowest BCUT2D eigenvalue weighted by Gasteiger charge is -1.99. The first-order valence-corrected chi connectivity index (χ1v) is 5.81. The Balaban J connectivity index is 1.76. The number of aromatic nitrogens is 1. The maximum absolute atomic E-state index is 4.18. The molecule has 0 N–H and O–H groups in total. The summed E-state index contributed by atoms with van der Waals surface area (Å²) in [5.74, 6) is 1.80. The maximum Gasteiger partial charge on any atom is 0.0302 e. The standard InChI is InChI=1S/C13H19N/c1-2-3-4-6-11-9-13(11)12-7-5-8-14-10-12/h5,7-8,10-11,13H,2-4,6,9H2,1H3/t11-,13-/m1/s1. The monoisotopic (exact) mass is 189 g/mol. The summed E-state index contributed by atoms with van der Waals surface area (Å²) in [5, 5.41) is 0. The number of unbranched alkanes of at least 4 members (excludes halogenated alkanes) is 2. The van der Waals surface area contributed by atoms with Gasteiger partial charge < -0.3 is 0 Å². The van der Waals surface area contributed by atoms with Crippen LogP contribution >= 0.6 is 0 Å². The minimum atomic E-state index is 0.834.